The molecular formula is C34H49N3O5. The quantitative estimate of drug-likeness (QED) is 0.392. The van der Waals surface area contributed by atoms with Gasteiger partial charge in [-0.15, -0.1) is 13.2 Å². The highest BCUT2D eigenvalue weighted by Gasteiger charge is 2.80. The Morgan fingerprint density at radius 2 is 1.76 bits per heavy atom. The summed E-state index contributed by atoms with van der Waals surface area (Å²) in [5, 5.41) is 10.6. The predicted molar refractivity (Wildman–Crippen MR) is 165 cm³/mol. The second kappa shape index (κ2) is 11.6. The van der Waals surface area contributed by atoms with Gasteiger partial charge in [0.1, 0.15) is 11.6 Å². The summed E-state index contributed by atoms with van der Waals surface area (Å²) >= 11 is 0. The van der Waals surface area contributed by atoms with Gasteiger partial charge in [0, 0.05) is 24.3 Å². The third-order valence-corrected chi connectivity index (χ3v) is 9.63. The number of aliphatic hydroxyl groups is 1. The number of nitrogens with zero attached hydrogens (tertiary/aromatic N) is 3. The van der Waals surface area contributed by atoms with Crippen LogP contribution in [0, 0.1) is 23.7 Å². The topological polar surface area (TPSA) is 90.4 Å². The number of benzene rings is 1. The summed E-state index contributed by atoms with van der Waals surface area (Å²) in [6.07, 6.45) is 4.35. The number of para-hydroxylation sites is 1. The maximum atomic E-state index is 14.7. The fourth-order valence-electron chi connectivity index (χ4n) is 7.74. The Morgan fingerprint density at radius 1 is 1.14 bits per heavy atom. The van der Waals surface area contributed by atoms with E-state index in [4.69, 9.17) is 4.74 Å². The summed E-state index contributed by atoms with van der Waals surface area (Å²) in [7, 11) is 0. The van der Waals surface area contributed by atoms with Crippen LogP contribution in [0.1, 0.15) is 61.3 Å². The molecule has 1 aromatic rings. The minimum Gasteiger partial charge on any atom is -0.394 e. The molecule has 7 atom stereocenters. The molecule has 0 radical (unpaired) electrons. The monoisotopic (exact) mass is 579 g/mol. The van der Waals surface area contributed by atoms with Crippen molar-refractivity contribution >= 4 is 23.4 Å². The highest BCUT2D eigenvalue weighted by atomic mass is 16.5. The Hall–Kier alpha value is -2.97. The van der Waals surface area contributed by atoms with Crippen molar-refractivity contribution in [3.63, 3.8) is 0 Å². The van der Waals surface area contributed by atoms with Gasteiger partial charge < -0.3 is 24.5 Å². The molecule has 8 heteroatoms. The highest BCUT2D eigenvalue weighted by molar-refractivity contribution is 6.03. The maximum absolute atomic E-state index is 14.7. The Balaban J connectivity index is 1.90. The second-order valence-corrected chi connectivity index (χ2v) is 13.9. The van der Waals surface area contributed by atoms with Crippen molar-refractivity contribution in [3.8, 4) is 0 Å². The highest BCUT2D eigenvalue weighted by Crippen LogP contribution is 2.66. The van der Waals surface area contributed by atoms with Crippen molar-refractivity contribution in [2.24, 2.45) is 23.7 Å². The molecule has 1 spiro atoms. The smallest absolute Gasteiger partial charge is 0.249 e. The number of carbonyl (C=O) groups is 3. The first kappa shape index (κ1) is 32.0. The van der Waals surface area contributed by atoms with Gasteiger partial charge in [-0.2, -0.15) is 0 Å². The van der Waals surface area contributed by atoms with E-state index in [0.717, 1.165) is 0 Å². The fraction of sp³-hybridized carbons (Fsp3) is 0.618. The fourth-order valence-corrected chi connectivity index (χ4v) is 7.74. The van der Waals surface area contributed by atoms with Gasteiger partial charge in [0.2, 0.25) is 17.7 Å². The zero-order valence-electron chi connectivity index (χ0n) is 26.4. The first-order chi connectivity index (χ1) is 19.7. The number of fused-ring (bicyclic) bond motifs is 1. The molecule has 3 heterocycles. The summed E-state index contributed by atoms with van der Waals surface area (Å²) < 4.78 is 6.97. The van der Waals surface area contributed by atoms with Crippen LogP contribution in [-0.2, 0) is 19.1 Å². The van der Waals surface area contributed by atoms with Gasteiger partial charge in [-0.05, 0) is 64.5 Å². The number of likely N-dealkylation sites (tertiary alicyclic amines) is 1. The Morgan fingerprint density at radius 3 is 2.29 bits per heavy atom. The molecule has 3 fully saturated rings. The number of ether oxygens (including phenoxy) is 1. The van der Waals surface area contributed by atoms with Crippen LogP contribution in [0.3, 0.4) is 0 Å². The number of aliphatic hydroxyl groups excluding tert-OH is 1. The lowest BCUT2D eigenvalue weighted by atomic mass is 9.62. The van der Waals surface area contributed by atoms with Crippen LogP contribution in [-0.4, -0.2) is 81.1 Å². The number of amides is 3. The molecule has 1 N–H and O–H groups in total. The molecule has 3 aliphatic rings. The van der Waals surface area contributed by atoms with Crippen molar-refractivity contribution in [2.75, 3.05) is 24.6 Å². The zero-order valence-corrected chi connectivity index (χ0v) is 26.4. The third kappa shape index (κ3) is 5.00. The summed E-state index contributed by atoms with van der Waals surface area (Å²) in [5.74, 6) is -2.34. The lowest BCUT2D eigenvalue weighted by Crippen LogP contribution is -2.62. The van der Waals surface area contributed by atoms with Crippen LogP contribution in [0.5, 0.6) is 0 Å². The largest absolute Gasteiger partial charge is 0.394 e. The Labute approximate surface area is 251 Å². The van der Waals surface area contributed by atoms with E-state index in [-0.39, 0.29) is 42.7 Å². The van der Waals surface area contributed by atoms with Crippen molar-refractivity contribution in [3.05, 3.63) is 55.6 Å². The molecular weight excluding hydrogens is 530 g/mol. The predicted octanol–water partition coefficient (Wildman–Crippen LogP) is 4.44. The van der Waals surface area contributed by atoms with Gasteiger partial charge in [-0.25, -0.2) is 0 Å². The van der Waals surface area contributed by atoms with Gasteiger partial charge in [0.15, 0.2) is 0 Å². The van der Waals surface area contributed by atoms with Crippen LogP contribution >= 0.6 is 0 Å². The minimum absolute atomic E-state index is 0.0905. The number of hydrogen-bond donors (Lipinski definition) is 1. The average molecular weight is 580 g/mol. The number of carbonyl (C=O) groups excluding carboxylic acids is 3. The van der Waals surface area contributed by atoms with Crippen LogP contribution in [0.4, 0.5) is 5.69 Å². The van der Waals surface area contributed by atoms with Gasteiger partial charge in [-0.1, -0.05) is 51.1 Å². The Bertz CT molecular complexity index is 1210. The molecule has 0 aliphatic carbocycles. The van der Waals surface area contributed by atoms with E-state index < -0.39 is 40.7 Å². The number of anilines is 1. The number of rotatable bonds is 11. The van der Waals surface area contributed by atoms with Crippen LogP contribution in [0.2, 0.25) is 0 Å². The van der Waals surface area contributed by atoms with E-state index >= 15 is 0 Å². The molecule has 0 saturated carbocycles. The molecule has 1 aromatic carbocycles. The van der Waals surface area contributed by atoms with Crippen LogP contribution in [0.25, 0.3) is 0 Å². The Kier molecular flexibility index (Phi) is 8.83. The molecule has 3 unspecified atom stereocenters. The van der Waals surface area contributed by atoms with E-state index in [1.807, 2.05) is 78.8 Å². The summed E-state index contributed by atoms with van der Waals surface area (Å²) in [5.41, 5.74) is -2.00. The molecule has 3 saturated heterocycles. The average Bonchev–Trinajstić information content (AvgIpc) is 3.44. The van der Waals surface area contributed by atoms with E-state index in [1.54, 1.807) is 26.9 Å². The first-order valence-corrected chi connectivity index (χ1v) is 15.2. The summed E-state index contributed by atoms with van der Waals surface area (Å²) in [4.78, 5) is 49.1. The molecule has 0 aromatic heterocycles. The lowest BCUT2D eigenvalue weighted by molar-refractivity contribution is -0.158. The third-order valence-electron chi connectivity index (χ3n) is 9.63. The second-order valence-electron chi connectivity index (χ2n) is 13.9. The van der Waals surface area contributed by atoms with Gasteiger partial charge >= 0.3 is 0 Å². The first-order valence-electron chi connectivity index (χ1n) is 15.2. The molecule has 3 amide bonds. The molecule has 2 bridgehead atoms. The van der Waals surface area contributed by atoms with Gasteiger partial charge in [0.05, 0.1) is 30.1 Å². The van der Waals surface area contributed by atoms with Crippen LogP contribution < -0.4 is 4.90 Å². The normalized spacial score (nSPS) is 30.8. The van der Waals surface area contributed by atoms with Crippen molar-refractivity contribution < 1.29 is 24.2 Å². The lowest BCUT2D eigenvalue weighted by Gasteiger charge is -2.43. The molecule has 4 rings (SSSR count). The van der Waals surface area contributed by atoms with Gasteiger partial charge in [0.25, 0.3) is 0 Å². The van der Waals surface area contributed by atoms with Crippen LogP contribution in [0.15, 0.2) is 55.6 Å². The van der Waals surface area contributed by atoms with E-state index in [0.29, 0.717) is 25.1 Å². The molecule has 8 nitrogen and oxygen atoms in total. The molecule has 230 valence electrons. The maximum Gasteiger partial charge on any atom is 0.249 e. The zero-order chi connectivity index (χ0) is 31.2. The van der Waals surface area contributed by atoms with Crippen molar-refractivity contribution in [2.45, 2.75) is 90.1 Å². The van der Waals surface area contributed by atoms with Crippen molar-refractivity contribution in [1.82, 2.24) is 9.80 Å². The van der Waals surface area contributed by atoms with E-state index in [9.17, 15) is 19.5 Å². The standard InChI is InChI=1S/C34H49N3O5/c1-10-17-35(24-15-13-12-14-16-24)29(39)26-27-30(40)37(25(21-38)19-22(3)4)28(31(41)36(18-11-2)32(6,7)8)34(27)20-23(5)33(26,9)42-34/h10-16,22-23,25-28,38H,1-2,17-21H2,3-9H3/t23?,25-,26-,27+,28?,33+,34?/m1/s1. The summed E-state index contributed by atoms with van der Waals surface area (Å²) in [6, 6.07) is 7.81. The minimum atomic E-state index is -1.20. The number of hydrogen-bond acceptors (Lipinski definition) is 5. The van der Waals surface area contributed by atoms with Crippen molar-refractivity contribution in [1.29, 1.82) is 0 Å². The summed E-state index contributed by atoms with van der Waals surface area (Å²) in [6.45, 7) is 21.9. The SMILES string of the molecule is C=CCN(C(=O)[C@H]1[C@H]2C(=O)N([C@@H](CO)CC(C)C)C(C(=O)N(CC=C)C(C)(C)C)C23CC(C)[C@]1(C)O3)c1ccccc1. The van der Waals surface area contributed by atoms with Gasteiger partial charge in [-0.3, -0.25) is 14.4 Å². The van der Waals surface area contributed by atoms with E-state index in [1.165, 1.54) is 0 Å². The molecule has 3 aliphatic heterocycles. The van der Waals surface area contributed by atoms with E-state index in [2.05, 4.69) is 13.2 Å². The molecule has 42 heavy (non-hydrogen) atoms.